The summed E-state index contributed by atoms with van der Waals surface area (Å²) in [7, 11) is 0. The van der Waals surface area contributed by atoms with Crippen LogP contribution in [-0.2, 0) is 6.42 Å². The highest BCUT2D eigenvalue weighted by Crippen LogP contribution is 2.27. The first-order valence-corrected chi connectivity index (χ1v) is 8.05. The van der Waals surface area contributed by atoms with E-state index in [1.54, 1.807) is 17.7 Å². The number of benzene rings is 2. The molecule has 5 heteroatoms. The summed E-state index contributed by atoms with van der Waals surface area (Å²) in [5.41, 5.74) is 6.08. The number of aromatic nitrogens is 3. The second-order valence-corrected chi connectivity index (χ2v) is 5.97. The fourth-order valence-electron chi connectivity index (χ4n) is 2.50. The molecule has 2 aromatic carbocycles. The average Bonchev–Trinajstić information content (AvgIpc) is 3.02. The summed E-state index contributed by atoms with van der Waals surface area (Å²) in [5.74, 6) is 0.829. The van der Waals surface area contributed by atoms with Gasteiger partial charge in [-0.15, -0.1) is 11.3 Å². The molecule has 108 valence electrons. The van der Waals surface area contributed by atoms with E-state index in [4.69, 9.17) is 0 Å². The first kappa shape index (κ1) is 13.2. The number of thiazole rings is 1. The molecule has 0 aliphatic carbocycles. The Morgan fingerprint density at radius 2 is 1.95 bits per heavy atom. The van der Waals surface area contributed by atoms with Gasteiger partial charge in [-0.25, -0.2) is 15.0 Å². The van der Waals surface area contributed by atoms with Crippen molar-refractivity contribution in [3.63, 3.8) is 0 Å². The van der Waals surface area contributed by atoms with Crippen LogP contribution in [0.15, 0.2) is 48.2 Å². The summed E-state index contributed by atoms with van der Waals surface area (Å²) in [5, 5.41) is 4.44. The molecule has 1 N–H and O–H groups in total. The van der Waals surface area contributed by atoms with Crippen molar-refractivity contribution in [1.29, 1.82) is 0 Å². The monoisotopic (exact) mass is 306 g/mol. The van der Waals surface area contributed by atoms with Gasteiger partial charge in [0.2, 0.25) is 0 Å². The molecule has 0 radical (unpaired) electrons. The van der Waals surface area contributed by atoms with Crippen molar-refractivity contribution in [2.75, 3.05) is 5.32 Å². The van der Waals surface area contributed by atoms with Gasteiger partial charge >= 0.3 is 0 Å². The lowest BCUT2D eigenvalue weighted by molar-refractivity contribution is 1.14. The van der Waals surface area contributed by atoms with Gasteiger partial charge in [0.15, 0.2) is 0 Å². The van der Waals surface area contributed by atoms with Crippen LogP contribution in [0.5, 0.6) is 0 Å². The van der Waals surface area contributed by atoms with Gasteiger partial charge in [-0.05, 0) is 42.3 Å². The summed E-state index contributed by atoms with van der Waals surface area (Å²) < 4.78 is 1.19. The van der Waals surface area contributed by atoms with Crippen LogP contribution < -0.4 is 5.32 Å². The first-order chi connectivity index (χ1) is 10.8. The van der Waals surface area contributed by atoms with E-state index in [0.29, 0.717) is 0 Å². The van der Waals surface area contributed by atoms with E-state index < -0.39 is 0 Å². The maximum Gasteiger partial charge on any atom is 0.141 e. The van der Waals surface area contributed by atoms with Crippen molar-refractivity contribution in [3.05, 3.63) is 53.8 Å². The largest absolute Gasteiger partial charge is 0.340 e. The van der Waals surface area contributed by atoms with Gasteiger partial charge in [-0.2, -0.15) is 0 Å². The predicted molar refractivity (Wildman–Crippen MR) is 91.8 cm³/mol. The van der Waals surface area contributed by atoms with Crippen molar-refractivity contribution in [2.45, 2.75) is 13.3 Å². The van der Waals surface area contributed by atoms with Crippen LogP contribution in [0.25, 0.3) is 21.1 Å². The van der Waals surface area contributed by atoms with E-state index in [1.807, 2.05) is 17.6 Å². The highest BCUT2D eigenvalue weighted by Gasteiger charge is 2.06. The Labute approximate surface area is 131 Å². The van der Waals surface area contributed by atoms with Crippen LogP contribution in [0.2, 0.25) is 0 Å². The van der Waals surface area contributed by atoms with Crippen molar-refractivity contribution in [1.82, 2.24) is 15.0 Å². The molecule has 4 rings (SSSR count). The number of hydrogen-bond donors (Lipinski definition) is 1. The quantitative estimate of drug-likeness (QED) is 0.603. The summed E-state index contributed by atoms with van der Waals surface area (Å²) in [6, 6.07) is 12.5. The molecule has 0 saturated carbocycles. The molecule has 2 heterocycles. The molecule has 0 saturated heterocycles. The van der Waals surface area contributed by atoms with Crippen molar-refractivity contribution < 1.29 is 0 Å². The van der Waals surface area contributed by atoms with E-state index in [9.17, 15) is 0 Å². The van der Waals surface area contributed by atoms with Crippen LogP contribution in [-0.4, -0.2) is 15.0 Å². The van der Waals surface area contributed by atoms with Crippen LogP contribution in [0.3, 0.4) is 0 Å². The molecule has 22 heavy (non-hydrogen) atoms. The molecular weight excluding hydrogens is 292 g/mol. The second-order valence-electron chi connectivity index (χ2n) is 5.09. The van der Waals surface area contributed by atoms with E-state index in [-0.39, 0.29) is 0 Å². The zero-order valence-electron chi connectivity index (χ0n) is 12.1. The number of anilines is 2. The van der Waals surface area contributed by atoms with Crippen LogP contribution in [0.1, 0.15) is 12.5 Å². The zero-order valence-corrected chi connectivity index (χ0v) is 12.9. The maximum absolute atomic E-state index is 4.41. The SMILES string of the molecule is CCc1ccc2ncnc(Nc3ccc4scnc4c3)c2c1. The smallest absolute Gasteiger partial charge is 0.141 e. The number of aryl methyl sites for hydroxylation is 1. The number of nitrogens with one attached hydrogen (secondary N) is 1. The van der Waals surface area contributed by atoms with Gasteiger partial charge < -0.3 is 5.32 Å². The molecule has 4 aromatic rings. The van der Waals surface area contributed by atoms with Crippen molar-refractivity contribution >= 4 is 44.0 Å². The Morgan fingerprint density at radius 3 is 2.86 bits per heavy atom. The van der Waals surface area contributed by atoms with Crippen LogP contribution in [0, 0.1) is 0 Å². The Bertz CT molecular complexity index is 961. The summed E-state index contributed by atoms with van der Waals surface area (Å²) in [6.07, 6.45) is 2.59. The van der Waals surface area contributed by atoms with Crippen LogP contribution >= 0.6 is 11.3 Å². The van der Waals surface area contributed by atoms with E-state index in [1.165, 1.54) is 10.3 Å². The topological polar surface area (TPSA) is 50.7 Å². The average molecular weight is 306 g/mol. The molecule has 0 bridgehead atoms. The number of hydrogen-bond acceptors (Lipinski definition) is 5. The lowest BCUT2D eigenvalue weighted by Gasteiger charge is -2.09. The molecule has 0 atom stereocenters. The van der Waals surface area contributed by atoms with E-state index >= 15 is 0 Å². The highest BCUT2D eigenvalue weighted by atomic mass is 32.1. The molecule has 0 aliphatic rings. The van der Waals surface area contributed by atoms with Crippen molar-refractivity contribution in [2.24, 2.45) is 0 Å². The lowest BCUT2D eigenvalue weighted by Crippen LogP contribution is -1.96. The third kappa shape index (κ3) is 2.29. The van der Waals surface area contributed by atoms with Gasteiger partial charge in [0.05, 0.1) is 21.2 Å². The second kappa shape index (κ2) is 5.35. The standard InChI is InChI=1S/C17H14N4S/c1-2-11-3-5-14-13(7-11)17(19-9-18-14)21-12-4-6-16-15(8-12)20-10-22-16/h3-10H,2H2,1H3,(H,18,19,21). The Balaban J connectivity index is 1.79. The van der Waals surface area contributed by atoms with E-state index in [2.05, 4.69) is 51.5 Å². The summed E-state index contributed by atoms with van der Waals surface area (Å²) >= 11 is 1.65. The number of nitrogens with zero attached hydrogens (tertiary/aromatic N) is 3. The molecule has 2 aromatic heterocycles. The number of fused-ring (bicyclic) bond motifs is 2. The van der Waals surface area contributed by atoms with Gasteiger partial charge in [0.1, 0.15) is 12.1 Å². The van der Waals surface area contributed by atoms with Crippen LogP contribution in [0.4, 0.5) is 11.5 Å². The van der Waals surface area contributed by atoms with Gasteiger partial charge in [-0.1, -0.05) is 13.0 Å². The molecular formula is C17H14N4S. The summed E-state index contributed by atoms with van der Waals surface area (Å²) in [6.45, 7) is 2.15. The van der Waals surface area contributed by atoms with Gasteiger partial charge in [0, 0.05) is 11.1 Å². The molecule has 0 fully saturated rings. The molecule has 4 nitrogen and oxygen atoms in total. The zero-order chi connectivity index (χ0) is 14.9. The summed E-state index contributed by atoms with van der Waals surface area (Å²) in [4.78, 5) is 13.1. The van der Waals surface area contributed by atoms with Crippen molar-refractivity contribution in [3.8, 4) is 0 Å². The molecule has 0 aliphatic heterocycles. The Morgan fingerprint density at radius 1 is 1.00 bits per heavy atom. The Hall–Kier alpha value is -2.53. The number of rotatable bonds is 3. The third-order valence-electron chi connectivity index (χ3n) is 3.70. The first-order valence-electron chi connectivity index (χ1n) is 7.17. The van der Waals surface area contributed by atoms with Gasteiger partial charge in [-0.3, -0.25) is 0 Å². The van der Waals surface area contributed by atoms with Gasteiger partial charge in [0.25, 0.3) is 0 Å². The Kier molecular flexibility index (Phi) is 3.20. The normalized spacial score (nSPS) is 11.1. The molecule has 0 unspecified atom stereocenters. The molecule has 0 spiro atoms. The highest BCUT2D eigenvalue weighted by molar-refractivity contribution is 7.16. The molecule has 0 amide bonds. The minimum atomic E-state index is 0.829. The van der Waals surface area contributed by atoms with E-state index in [0.717, 1.165) is 34.3 Å². The third-order valence-corrected chi connectivity index (χ3v) is 4.51. The lowest BCUT2D eigenvalue weighted by atomic mass is 10.1. The minimum absolute atomic E-state index is 0.829. The fraction of sp³-hybridized carbons (Fsp3) is 0.118. The maximum atomic E-state index is 4.41. The minimum Gasteiger partial charge on any atom is -0.340 e. The fourth-order valence-corrected chi connectivity index (χ4v) is 3.15. The predicted octanol–water partition coefficient (Wildman–Crippen LogP) is 4.55.